The smallest absolute Gasteiger partial charge is 0.166 e. The van der Waals surface area contributed by atoms with Crippen molar-refractivity contribution in [3.05, 3.63) is 35.1 Å². The van der Waals surface area contributed by atoms with Gasteiger partial charge < -0.3 is 5.32 Å². The van der Waals surface area contributed by atoms with Crippen LogP contribution >= 0.6 is 0 Å². The van der Waals surface area contributed by atoms with Crippen LogP contribution in [-0.2, 0) is 0 Å². The highest BCUT2D eigenvalue weighted by atomic mass is 19.2. The Balaban J connectivity index is 2.43. The summed E-state index contributed by atoms with van der Waals surface area (Å²) in [7, 11) is 0. The van der Waals surface area contributed by atoms with Crippen molar-refractivity contribution < 1.29 is 13.2 Å². The Labute approximate surface area is 118 Å². The summed E-state index contributed by atoms with van der Waals surface area (Å²) in [5, 5.41) is 3.22. The maximum absolute atomic E-state index is 14.1. The Hall–Kier alpha value is -1.07. The molecule has 0 radical (unpaired) electrons. The van der Waals surface area contributed by atoms with E-state index in [1.165, 1.54) is 0 Å². The van der Waals surface area contributed by atoms with Crippen molar-refractivity contribution in [1.29, 1.82) is 0 Å². The molecule has 1 saturated heterocycles. The first-order valence-corrected chi connectivity index (χ1v) is 7.14. The van der Waals surface area contributed by atoms with E-state index in [9.17, 15) is 13.2 Å². The van der Waals surface area contributed by atoms with Gasteiger partial charge in [0.1, 0.15) is 5.82 Å². The number of hydrogen-bond acceptors (Lipinski definition) is 2. The SMILES string of the molecule is CCC(C)[C@@H](c1c(F)ccc(F)c1F)N1CCNCC1. The van der Waals surface area contributed by atoms with E-state index in [0.29, 0.717) is 13.1 Å². The minimum atomic E-state index is -1.05. The third-order valence-corrected chi connectivity index (χ3v) is 4.10. The fourth-order valence-corrected chi connectivity index (χ4v) is 2.82. The number of halogens is 3. The largest absolute Gasteiger partial charge is 0.314 e. The first-order valence-electron chi connectivity index (χ1n) is 7.14. The molecule has 5 heteroatoms. The van der Waals surface area contributed by atoms with Gasteiger partial charge in [-0.15, -0.1) is 0 Å². The molecule has 112 valence electrons. The monoisotopic (exact) mass is 286 g/mol. The van der Waals surface area contributed by atoms with Crippen LogP contribution < -0.4 is 5.32 Å². The van der Waals surface area contributed by atoms with Gasteiger partial charge in [-0.3, -0.25) is 4.90 Å². The molecule has 0 spiro atoms. The Morgan fingerprint density at radius 3 is 2.35 bits per heavy atom. The molecule has 0 saturated carbocycles. The van der Waals surface area contributed by atoms with E-state index in [1.807, 2.05) is 18.7 Å². The van der Waals surface area contributed by atoms with E-state index < -0.39 is 23.5 Å². The molecule has 1 aliphatic heterocycles. The molecule has 1 aromatic rings. The summed E-state index contributed by atoms with van der Waals surface area (Å²) in [6, 6.07) is 1.45. The summed E-state index contributed by atoms with van der Waals surface area (Å²) >= 11 is 0. The number of nitrogens with one attached hydrogen (secondary N) is 1. The third kappa shape index (κ3) is 2.99. The van der Waals surface area contributed by atoms with Gasteiger partial charge in [-0.1, -0.05) is 20.3 Å². The second-order valence-electron chi connectivity index (χ2n) is 5.37. The van der Waals surface area contributed by atoms with E-state index in [0.717, 1.165) is 31.6 Å². The van der Waals surface area contributed by atoms with Crippen LogP contribution in [0.2, 0.25) is 0 Å². The van der Waals surface area contributed by atoms with E-state index in [2.05, 4.69) is 5.32 Å². The quantitative estimate of drug-likeness (QED) is 0.856. The van der Waals surface area contributed by atoms with E-state index in [-0.39, 0.29) is 11.5 Å². The standard InChI is InChI=1S/C15H21F3N2/c1-3-10(2)15(20-8-6-19-7-9-20)13-11(16)4-5-12(17)14(13)18/h4-5,10,15,19H,3,6-9H2,1-2H3/t10?,15-/m0/s1. The van der Waals surface area contributed by atoms with Crippen LogP contribution in [0.15, 0.2) is 12.1 Å². The first-order chi connectivity index (χ1) is 9.56. The topological polar surface area (TPSA) is 15.3 Å². The maximum Gasteiger partial charge on any atom is 0.166 e. The van der Waals surface area contributed by atoms with Crippen molar-refractivity contribution in [1.82, 2.24) is 10.2 Å². The zero-order valence-electron chi connectivity index (χ0n) is 11.9. The molecule has 1 heterocycles. The molecular weight excluding hydrogens is 265 g/mol. The number of piperazine rings is 1. The molecule has 0 aromatic heterocycles. The molecule has 1 N–H and O–H groups in total. The van der Waals surface area contributed by atoms with Gasteiger partial charge in [0.15, 0.2) is 11.6 Å². The lowest BCUT2D eigenvalue weighted by Gasteiger charge is -2.38. The molecule has 20 heavy (non-hydrogen) atoms. The van der Waals surface area contributed by atoms with Gasteiger partial charge in [0.2, 0.25) is 0 Å². The number of hydrogen-bond donors (Lipinski definition) is 1. The Bertz CT molecular complexity index is 459. The number of benzene rings is 1. The second kappa shape index (κ2) is 6.59. The van der Waals surface area contributed by atoms with Gasteiger partial charge >= 0.3 is 0 Å². The van der Waals surface area contributed by atoms with Gasteiger partial charge in [-0.25, -0.2) is 13.2 Å². The van der Waals surface area contributed by atoms with Gasteiger partial charge in [0.25, 0.3) is 0 Å². The fourth-order valence-electron chi connectivity index (χ4n) is 2.82. The summed E-state index contributed by atoms with van der Waals surface area (Å²) in [6.45, 7) is 6.93. The highest BCUT2D eigenvalue weighted by Gasteiger charge is 2.32. The first kappa shape index (κ1) is 15.3. The van der Waals surface area contributed by atoms with Crippen LogP contribution in [0.1, 0.15) is 31.9 Å². The summed E-state index contributed by atoms with van der Waals surface area (Å²) in [5.41, 5.74) is -0.124. The maximum atomic E-state index is 14.1. The second-order valence-corrected chi connectivity index (χ2v) is 5.37. The van der Waals surface area contributed by atoms with Crippen molar-refractivity contribution in [2.45, 2.75) is 26.3 Å². The molecule has 1 aliphatic rings. The van der Waals surface area contributed by atoms with Crippen LogP contribution in [0.5, 0.6) is 0 Å². The predicted octanol–water partition coefficient (Wildman–Crippen LogP) is 3.10. The lowest BCUT2D eigenvalue weighted by atomic mass is 9.89. The van der Waals surface area contributed by atoms with Crippen molar-refractivity contribution in [3.8, 4) is 0 Å². The molecular formula is C15H21F3N2. The van der Waals surface area contributed by atoms with E-state index >= 15 is 0 Å². The van der Waals surface area contributed by atoms with Gasteiger partial charge in [-0.05, 0) is 18.1 Å². The van der Waals surface area contributed by atoms with Crippen LogP contribution in [-0.4, -0.2) is 31.1 Å². The molecule has 0 amide bonds. The molecule has 1 aromatic carbocycles. The minimum absolute atomic E-state index is 0.0545. The highest BCUT2D eigenvalue weighted by molar-refractivity contribution is 5.25. The third-order valence-electron chi connectivity index (χ3n) is 4.10. The summed E-state index contributed by atoms with van der Waals surface area (Å²) < 4.78 is 41.7. The van der Waals surface area contributed by atoms with Gasteiger partial charge in [0, 0.05) is 37.8 Å². The molecule has 2 nitrogen and oxygen atoms in total. The molecule has 2 atom stereocenters. The Morgan fingerprint density at radius 2 is 1.75 bits per heavy atom. The van der Waals surface area contributed by atoms with Crippen molar-refractivity contribution in [2.75, 3.05) is 26.2 Å². The van der Waals surface area contributed by atoms with Crippen LogP contribution in [0.25, 0.3) is 0 Å². The number of nitrogens with zero attached hydrogens (tertiary/aromatic N) is 1. The van der Waals surface area contributed by atoms with Crippen LogP contribution in [0.4, 0.5) is 13.2 Å². The van der Waals surface area contributed by atoms with Crippen molar-refractivity contribution in [2.24, 2.45) is 5.92 Å². The van der Waals surface area contributed by atoms with Gasteiger partial charge in [-0.2, -0.15) is 0 Å². The lowest BCUT2D eigenvalue weighted by Crippen LogP contribution is -2.47. The van der Waals surface area contributed by atoms with E-state index in [1.54, 1.807) is 0 Å². The minimum Gasteiger partial charge on any atom is -0.314 e. The molecule has 0 aliphatic carbocycles. The summed E-state index contributed by atoms with van der Waals surface area (Å²) in [4.78, 5) is 2.05. The van der Waals surface area contributed by atoms with Crippen molar-refractivity contribution in [3.63, 3.8) is 0 Å². The number of rotatable bonds is 4. The summed E-state index contributed by atoms with van der Waals surface area (Å²) in [5.74, 6) is -2.63. The predicted molar refractivity (Wildman–Crippen MR) is 73.0 cm³/mol. The zero-order chi connectivity index (χ0) is 14.7. The molecule has 2 rings (SSSR count). The average molecular weight is 286 g/mol. The Kier molecular flexibility index (Phi) is 5.05. The highest BCUT2D eigenvalue weighted by Crippen LogP contribution is 2.35. The van der Waals surface area contributed by atoms with Crippen molar-refractivity contribution >= 4 is 0 Å². The zero-order valence-corrected chi connectivity index (χ0v) is 11.9. The molecule has 1 fully saturated rings. The van der Waals surface area contributed by atoms with Crippen LogP contribution in [0, 0.1) is 23.4 Å². The van der Waals surface area contributed by atoms with Crippen LogP contribution in [0.3, 0.4) is 0 Å². The average Bonchev–Trinajstić information content (AvgIpc) is 2.48. The molecule has 0 bridgehead atoms. The molecule has 1 unspecified atom stereocenters. The van der Waals surface area contributed by atoms with Gasteiger partial charge in [0.05, 0.1) is 0 Å². The fraction of sp³-hybridized carbons (Fsp3) is 0.600. The summed E-state index contributed by atoms with van der Waals surface area (Å²) in [6.07, 6.45) is 0.782. The normalized spacial score (nSPS) is 19.9. The lowest BCUT2D eigenvalue weighted by molar-refractivity contribution is 0.121. The van der Waals surface area contributed by atoms with E-state index in [4.69, 9.17) is 0 Å². The Morgan fingerprint density at radius 1 is 1.15 bits per heavy atom.